The van der Waals surface area contributed by atoms with Gasteiger partial charge in [0.05, 0.1) is 0 Å². The topological polar surface area (TPSA) is 12.9 Å². The Morgan fingerprint density at radius 1 is 1.29 bits per heavy atom. The molecule has 0 atom stereocenters. The largest absolute Gasteiger partial charge is 0.264 e. The molecule has 1 heteroatoms. The van der Waals surface area contributed by atoms with Crippen molar-refractivity contribution in [2.45, 2.75) is 52.4 Å². The monoisotopic (exact) mass is 191 g/mol. The fourth-order valence-corrected chi connectivity index (χ4v) is 1.35. The van der Waals surface area contributed by atoms with E-state index in [1.54, 1.807) is 0 Å². The third kappa shape index (κ3) is 2.34. The molecule has 1 rings (SSSR count). The number of aromatic nitrogens is 1. The van der Waals surface area contributed by atoms with Gasteiger partial charge < -0.3 is 0 Å². The van der Waals surface area contributed by atoms with Crippen molar-refractivity contribution in [3.8, 4) is 0 Å². The highest BCUT2D eigenvalue weighted by Crippen LogP contribution is 2.27. The van der Waals surface area contributed by atoms with Gasteiger partial charge in [-0.1, -0.05) is 40.7 Å². The van der Waals surface area contributed by atoms with Crippen LogP contribution in [0.3, 0.4) is 0 Å². The van der Waals surface area contributed by atoms with E-state index in [2.05, 4.69) is 45.7 Å². The molecule has 0 aliphatic heterocycles. The van der Waals surface area contributed by atoms with Crippen molar-refractivity contribution in [1.29, 1.82) is 0 Å². The van der Waals surface area contributed by atoms with Gasteiger partial charge in [-0.05, 0) is 28.9 Å². The number of hydrogen-bond donors (Lipinski definition) is 0. The Hall–Kier alpha value is -0.850. The molecular weight excluding hydrogens is 170 g/mol. The lowest BCUT2D eigenvalue weighted by molar-refractivity contribution is 0.503. The summed E-state index contributed by atoms with van der Waals surface area (Å²) in [6.07, 6.45) is 5.12. The summed E-state index contributed by atoms with van der Waals surface area (Å²) in [5.41, 5.74) is 2.94. The average Bonchev–Trinajstić information content (AvgIpc) is 2.18. The summed E-state index contributed by atoms with van der Waals surface area (Å²) < 4.78 is 0. The Kier molecular flexibility index (Phi) is 3.30. The van der Waals surface area contributed by atoms with Gasteiger partial charge in [0, 0.05) is 12.4 Å². The minimum absolute atomic E-state index is 0.248. The van der Waals surface area contributed by atoms with E-state index in [9.17, 15) is 0 Å². The second-order valence-corrected chi connectivity index (χ2v) is 4.90. The molecule has 0 N–H and O–H groups in total. The van der Waals surface area contributed by atoms with Gasteiger partial charge >= 0.3 is 0 Å². The molecule has 0 aromatic carbocycles. The molecule has 1 nitrogen and oxygen atoms in total. The maximum atomic E-state index is 4.32. The van der Waals surface area contributed by atoms with Crippen molar-refractivity contribution < 1.29 is 0 Å². The number of nitrogens with zero attached hydrogens (tertiary/aromatic N) is 1. The summed E-state index contributed by atoms with van der Waals surface area (Å²) in [7, 11) is 0. The summed E-state index contributed by atoms with van der Waals surface area (Å²) in [5.74, 6) is 0.565. The third-order valence-electron chi connectivity index (χ3n) is 3.09. The van der Waals surface area contributed by atoms with Crippen molar-refractivity contribution in [2.75, 3.05) is 0 Å². The zero-order valence-corrected chi connectivity index (χ0v) is 9.96. The van der Waals surface area contributed by atoms with Gasteiger partial charge in [-0.25, -0.2) is 0 Å². The van der Waals surface area contributed by atoms with Crippen LogP contribution in [0.25, 0.3) is 0 Å². The van der Waals surface area contributed by atoms with E-state index >= 15 is 0 Å². The Labute approximate surface area is 87.6 Å². The molecule has 0 radical (unpaired) electrons. The normalized spacial score (nSPS) is 12.1. The lowest BCUT2D eigenvalue weighted by atomic mass is 9.82. The Balaban J connectivity index is 3.05. The molecule has 0 spiro atoms. The van der Waals surface area contributed by atoms with Crippen LogP contribution in [-0.4, -0.2) is 4.98 Å². The van der Waals surface area contributed by atoms with Crippen LogP contribution in [0.4, 0.5) is 0 Å². The highest BCUT2D eigenvalue weighted by Gasteiger charge is 2.18. The molecule has 14 heavy (non-hydrogen) atoms. The Morgan fingerprint density at radius 3 is 2.43 bits per heavy atom. The van der Waals surface area contributed by atoms with Gasteiger partial charge in [-0.2, -0.15) is 0 Å². The highest BCUT2D eigenvalue weighted by molar-refractivity contribution is 5.26. The van der Waals surface area contributed by atoms with Crippen LogP contribution in [0, 0.1) is 0 Å². The molecule has 0 unspecified atom stereocenters. The minimum Gasteiger partial charge on any atom is -0.264 e. The summed E-state index contributed by atoms with van der Waals surface area (Å²) >= 11 is 0. The van der Waals surface area contributed by atoms with Crippen molar-refractivity contribution in [3.05, 3.63) is 29.6 Å². The second-order valence-electron chi connectivity index (χ2n) is 4.90. The summed E-state index contributed by atoms with van der Waals surface area (Å²) in [6.45, 7) is 11.2. The highest BCUT2D eigenvalue weighted by atomic mass is 14.6. The van der Waals surface area contributed by atoms with Gasteiger partial charge in [0.15, 0.2) is 0 Å². The minimum atomic E-state index is 0.248. The van der Waals surface area contributed by atoms with Crippen LogP contribution in [0.5, 0.6) is 0 Å². The third-order valence-corrected chi connectivity index (χ3v) is 3.09. The standard InChI is InChI=1S/C13H21N/c1-6-13(4,5)12-7-11(10(2)3)8-14-9-12/h7-10H,6H2,1-5H3. The number of hydrogen-bond acceptors (Lipinski definition) is 1. The van der Waals surface area contributed by atoms with E-state index in [0.717, 1.165) is 6.42 Å². The molecule has 0 saturated carbocycles. The Bertz CT molecular complexity index is 300. The van der Waals surface area contributed by atoms with E-state index < -0.39 is 0 Å². The van der Waals surface area contributed by atoms with Crippen molar-refractivity contribution >= 4 is 0 Å². The van der Waals surface area contributed by atoms with Crippen LogP contribution in [-0.2, 0) is 5.41 Å². The van der Waals surface area contributed by atoms with Gasteiger partial charge in [0.1, 0.15) is 0 Å². The number of rotatable bonds is 3. The van der Waals surface area contributed by atoms with E-state index in [1.165, 1.54) is 11.1 Å². The second kappa shape index (κ2) is 4.12. The van der Waals surface area contributed by atoms with Crippen LogP contribution in [0.1, 0.15) is 58.1 Å². The maximum Gasteiger partial charge on any atom is 0.0305 e. The van der Waals surface area contributed by atoms with Crippen LogP contribution in [0.2, 0.25) is 0 Å². The average molecular weight is 191 g/mol. The van der Waals surface area contributed by atoms with Crippen molar-refractivity contribution in [1.82, 2.24) is 4.98 Å². The predicted octanol–water partition coefficient (Wildman–Crippen LogP) is 3.89. The molecule has 0 aliphatic carbocycles. The van der Waals surface area contributed by atoms with E-state index in [0.29, 0.717) is 5.92 Å². The fraction of sp³-hybridized carbons (Fsp3) is 0.615. The number of pyridine rings is 1. The zero-order valence-electron chi connectivity index (χ0n) is 9.96. The molecule has 0 fully saturated rings. The first-order valence-corrected chi connectivity index (χ1v) is 5.43. The summed E-state index contributed by atoms with van der Waals surface area (Å²) in [5, 5.41) is 0. The van der Waals surface area contributed by atoms with Crippen LogP contribution < -0.4 is 0 Å². The van der Waals surface area contributed by atoms with E-state index in [4.69, 9.17) is 0 Å². The van der Waals surface area contributed by atoms with Gasteiger partial charge in [0.2, 0.25) is 0 Å². The maximum absolute atomic E-state index is 4.32. The van der Waals surface area contributed by atoms with Crippen molar-refractivity contribution in [3.63, 3.8) is 0 Å². The first kappa shape index (κ1) is 11.2. The predicted molar refractivity (Wildman–Crippen MR) is 61.6 cm³/mol. The molecule has 1 aromatic heterocycles. The quantitative estimate of drug-likeness (QED) is 0.706. The van der Waals surface area contributed by atoms with Gasteiger partial charge in [-0.15, -0.1) is 0 Å². The first-order chi connectivity index (χ1) is 6.47. The lowest BCUT2D eigenvalue weighted by Crippen LogP contribution is -2.16. The smallest absolute Gasteiger partial charge is 0.0305 e. The zero-order chi connectivity index (χ0) is 10.8. The molecule has 1 heterocycles. The lowest BCUT2D eigenvalue weighted by Gasteiger charge is -2.23. The summed E-state index contributed by atoms with van der Waals surface area (Å²) in [4.78, 5) is 4.32. The van der Waals surface area contributed by atoms with Gasteiger partial charge in [0.25, 0.3) is 0 Å². The molecule has 0 saturated heterocycles. The molecule has 1 aromatic rings. The molecular formula is C13H21N. The Morgan fingerprint density at radius 2 is 1.93 bits per heavy atom. The van der Waals surface area contributed by atoms with E-state index in [-0.39, 0.29) is 5.41 Å². The molecule has 78 valence electrons. The molecule has 0 amide bonds. The van der Waals surface area contributed by atoms with E-state index in [1.807, 2.05) is 12.4 Å². The van der Waals surface area contributed by atoms with Gasteiger partial charge in [-0.3, -0.25) is 4.98 Å². The summed E-state index contributed by atoms with van der Waals surface area (Å²) in [6, 6.07) is 2.29. The SMILES string of the molecule is CCC(C)(C)c1cncc(C(C)C)c1. The first-order valence-electron chi connectivity index (χ1n) is 5.43. The fourth-order valence-electron chi connectivity index (χ4n) is 1.35. The van der Waals surface area contributed by atoms with Crippen LogP contribution in [0.15, 0.2) is 18.5 Å². The molecule has 0 bridgehead atoms. The van der Waals surface area contributed by atoms with Crippen LogP contribution >= 0.6 is 0 Å². The van der Waals surface area contributed by atoms with Crippen molar-refractivity contribution in [2.24, 2.45) is 0 Å². The molecule has 0 aliphatic rings.